The van der Waals surface area contributed by atoms with Crippen LogP contribution in [-0.2, 0) is 16.8 Å². The molecular weight excluding hydrogens is 388 g/mol. The Morgan fingerprint density at radius 3 is 2.52 bits per heavy atom. The molecule has 146 valence electrons. The van der Waals surface area contributed by atoms with Gasteiger partial charge in [0, 0.05) is 35.1 Å². The number of benzene rings is 2. The molecule has 2 heterocycles. The summed E-state index contributed by atoms with van der Waals surface area (Å²) in [7, 11) is 0. The molecule has 0 bridgehead atoms. The first-order chi connectivity index (χ1) is 14.0. The molecule has 0 fully saturated rings. The lowest BCUT2D eigenvalue weighted by molar-refractivity contribution is -0.135. The summed E-state index contributed by atoms with van der Waals surface area (Å²) in [6, 6.07) is 17.9. The summed E-state index contributed by atoms with van der Waals surface area (Å²) >= 11 is 6.14. The number of aromatic nitrogens is 1. The highest BCUT2D eigenvalue weighted by Gasteiger charge is 2.50. The van der Waals surface area contributed by atoms with Gasteiger partial charge in [0.1, 0.15) is 0 Å². The number of hydrogen-bond donors (Lipinski definition) is 1. The Morgan fingerprint density at radius 2 is 1.79 bits per heavy atom. The average Bonchev–Trinajstić information content (AvgIpc) is 2.94. The van der Waals surface area contributed by atoms with E-state index in [1.165, 1.54) is 12.4 Å². The monoisotopic (exact) mass is 406 g/mol. The second-order valence-electron chi connectivity index (χ2n) is 7.05. The smallest absolute Gasteiger partial charge is 0.264 e. The first-order valence-corrected chi connectivity index (χ1v) is 9.68. The van der Waals surface area contributed by atoms with Crippen molar-refractivity contribution in [1.29, 1.82) is 0 Å². The minimum Gasteiger partial charge on any atom is -0.375 e. The second-order valence-corrected chi connectivity index (χ2v) is 7.49. The number of ketones is 1. The van der Waals surface area contributed by atoms with Crippen molar-refractivity contribution in [3.8, 4) is 0 Å². The Hall–Kier alpha value is -3.02. The van der Waals surface area contributed by atoms with Gasteiger partial charge in [0.2, 0.25) is 0 Å². The Kier molecular flexibility index (Phi) is 5.18. The van der Waals surface area contributed by atoms with Crippen LogP contribution in [0.15, 0.2) is 73.1 Å². The number of hydrogen-bond acceptors (Lipinski definition) is 4. The maximum atomic E-state index is 13.3. The average molecular weight is 407 g/mol. The summed E-state index contributed by atoms with van der Waals surface area (Å²) in [5.74, 6) is -0.841. The summed E-state index contributed by atoms with van der Waals surface area (Å²) in [6.45, 7) is 0.392. The number of anilines is 1. The number of carbonyl (C=O) groups excluding carboxylic acids is 2. The van der Waals surface area contributed by atoms with Crippen molar-refractivity contribution in [3.05, 3.63) is 94.8 Å². The van der Waals surface area contributed by atoms with Crippen molar-refractivity contribution in [2.75, 3.05) is 11.4 Å². The van der Waals surface area contributed by atoms with Crippen LogP contribution >= 0.6 is 11.6 Å². The molecule has 4 rings (SSSR count). The number of halogens is 1. The van der Waals surface area contributed by atoms with Crippen molar-refractivity contribution < 1.29 is 14.7 Å². The number of Topliss-reactive ketones (excluding diaryl/α,β-unsaturated/α-hetero) is 1. The molecule has 1 aromatic heterocycles. The molecule has 0 aliphatic carbocycles. The van der Waals surface area contributed by atoms with E-state index in [9.17, 15) is 14.7 Å². The molecule has 0 saturated carbocycles. The number of aliphatic hydroxyl groups is 1. The standard InChI is InChI=1S/C23H19ClN2O3/c24-18-6-7-20-19(14-18)23(29,15-21(27)17-8-11-25-12-9-17)22(28)26(20)13-10-16-4-2-1-3-5-16/h1-9,11-12,14,29H,10,13,15H2. The predicted octanol–water partition coefficient (Wildman–Crippen LogP) is 3.78. The van der Waals surface area contributed by atoms with Crippen LogP contribution in [0.1, 0.15) is 27.9 Å². The van der Waals surface area contributed by atoms with Gasteiger partial charge in [-0.3, -0.25) is 14.6 Å². The van der Waals surface area contributed by atoms with Gasteiger partial charge in [-0.1, -0.05) is 41.9 Å². The van der Waals surface area contributed by atoms with Crippen LogP contribution in [0.5, 0.6) is 0 Å². The van der Waals surface area contributed by atoms with Crippen LogP contribution < -0.4 is 4.90 Å². The van der Waals surface area contributed by atoms with E-state index < -0.39 is 11.5 Å². The van der Waals surface area contributed by atoms with Gasteiger partial charge in [-0.05, 0) is 42.3 Å². The third-order valence-corrected chi connectivity index (χ3v) is 5.41. The predicted molar refractivity (Wildman–Crippen MR) is 111 cm³/mol. The third-order valence-electron chi connectivity index (χ3n) is 5.18. The number of amides is 1. The summed E-state index contributed by atoms with van der Waals surface area (Å²) in [5, 5.41) is 11.7. The van der Waals surface area contributed by atoms with Crippen molar-refractivity contribution >= 4 is 29.0 Å². The normalized spacial score (nSPS) is 18.0. The lowest BCUT2D eigenvalue weighted by Gasteiger charge is -2.23. The lowest BCUT2D eigenvalue weighted by Crippen LogP contribution is -2.42. The third kappa shape index (κ3) is 3.67. The van der Waals surface area contributed by atoms with Crippen LogP contribution in [0.3, 0.4) is 0 Å². The zero-order chi connectivity index (χ0) is 20.4. The van der Waals surface area contributed by atoms with E-state index in [4.69, 9.17) is 11.6 Å². The molecule has 2 aromatic carbocycles. The van der Waals surface area contributed by atoms with Crippen LogP contribution in [0, 0.1) is 0 Å². The minimum atomic E-state index is -1.95. The molecule has 5 nitrogen and oxygen atoms in total. The largest absolute Gasteiger partial charge is 0.375 e. The van der Waals surface area contributed by atoms with Gasteiger partial charge in [0.25, 0.3) is 5.91 Å². The highest BCUT2D eigenvalue weighted by molar-refractivity contribution is 6.31. The molecule has 1 atom stereocenters. The van der Waals surface area contributed by atoms with Crippen molar-refractivity contribution in [3.63, 3.8) is 0 Å². The Morgan fingerprint density at radius 1 is 1.07 bits per heavy atom. The minimum absolute atomic E-state index is 0.334. The van der Waals surface area contributed by atoms with E-state index in [-0.39, 0.29) is 12.2 Å². The van der Waals surface area contributed by atoms with Crippen LogP contribution in [0.25, 0.3) is 0 Å². The summed E-state index contributed by atoms with van der Waals surface area (Å²) < 4.78 is 0. The number of rotatable bonds is 6. The van der Waals surface area contributed by atoms with Gasteiger partial charge in [-0.15, -0.1) is 0 Å². The van der Waals surface area contributed by atoms with Gasteiger partial charge in [-0.25, -0.2) is 0 Å². The fourth-order valence-corrected chi connectivity index (χ4v) is 3.85. The van der Waals surface area contributed by atoms with Gasteiger partial charge in [-0.2, -0.15) is 0 Å². The summed E-state index contributed by atoms with van der Waals surface area (Å²) in [4.78, 5) is 31.4. The maximum absolute atomic E-state index is 13.3. The van der Waals surface area contributed by atoms with Crippen LogP contribution in [0.4, 0.5) is 5.69 Å². The SMILES string of the molecule is O=C(CC1(O)C(=O)N(CCc2ccccc2)c2ccc(Cl)cc21)c1ccncc1. The zero-order valence-electron chi connectivity index (χ0n) is 15.6. The quantitative estimate of drug-likeness (QED) is 0.632. The number of fused-ring (bicyclic) bond motifs is 1. The molecule has 1 N–H and O–H groups in total. The Bertz CT molecular complexity index is 1060. The number of pyridine rings is 1. The van der Waals surface area contributed by atoms with Crippen molar-refractivity contribution in [2.24, 2.45) is 0 Å². The van der Waals surface area contributed by atoms with E-state index in [0.717, 1.165) is 5.56 Å². The molecule has 1 unspecified atom stereocenters. The van der Waals surface area contributed by atoms with Gasteiger partial charge in [0.15, 0.2) is 11.4 Å². The lowest BCUT2D eigenvalue weighted by atomic mass is 9.88. The molecule has 6 heteroatoms. The van der Waals surface area contributed by atoms with E-state index in [1.54, 1.807) is 35.2 Å². The molecule has 1 amide bonds. The zero-order valence-corrected chi connectivity index (χ0v) is 16.3. The van der Waals surface area contributed by atoms with Gasteiger partial charge < -0.3 is 10.0 Å². The van der Waals surface area contributed by atoms with Gasteiger partial charge >= 0.3 is 0 Å². The van der Waals surface area contributed by atoms with E-state index in [1.807, 2.05) is 30.3 Å². The number of carbonyl (C=O) groups is 2. The first kappa shape index (κ1) is 19.3. The van der Waals surface area contributed by atoms with Crippen LogP contribution in [-0.4, -0.2) is 28.3 Å². The molecule has 0 radical (unpaired) electrons. The molecular formula is C23H19ClN2O3. The van der Waals surface area contributed by atoms with E-state index >= 15 is 0 Å². The Labute approximate surface area is 173 Å². The van der Waals surface area contributed by atoms with E-state index in [2.05, 4.69) is 4.98 Å². The highest BCUT2D eigenvalue weighted by atomic mass is 35.5. The Balaban J connectivity index is 1.65. The van der Waals surface area contributed by atoms with Crippen LogP contribution in [0.2, 0.25) is 5.02 Å². The summed E-state index contributed by atoms with van der Waals surface area (Å²) in [6.07, 6.45) is 3.28. The second kappa shape index (κ2) is 7.78. The van der Waals surface area contributed by atoms with E-state index in [0.29, 0.717) is 34.8 Å². The van der Waals surface area contributed by atoms with Crippen molar-refractivity contribution in [1.82, 2.24) is 4.98 Å². The molecule has 29 heavy (non-hydrogen) atoms. The topological polar surface area (TPSA) is 70.5 Å². The molecule has 0 saturated heterocycles. The van der Waals surface area contributed by atoms with Crippen molar-refractivity contribution in [2.45, 2.75) is 18.4 Å². The molecule has 3 aromatic rings. The molecule has 1 aliphatic heterocycles. The number of nitrogens with zero attached hydrogens (tertiary/aromatic N) is 2. The summed E-state index contributed by atoms with van der Waals surface area (Å²) in [5.41, 5.74) is 0.481. The molecule has 1 aliphatic rings. The van der Waals surface area contributed by atoms with Gasteiger partial charge in [0.05, 0.1) is 12.1 Å². The fraction of sp³-hybridized carbons (Fsp3) is 0.174. The fourth-order valence-electron chi connectivity index (χ4n) is 3.67. The molecule has 0 spiro atoms. The maximum Gasteiger partial charge on any atom is 0.264 e. The first-order valence-electron chi connectivity index (χ1n) is 9.30. The highest BCUT2D eigenvalue weighted by Crippen LogP contribution is 2.44.